The summed E-state index contributed by atoms with van der Waals surface area (Å²) < 4.78 is 5.60. The number of para-hydroxylation sites is 1. The third-order valence-corrected chi connectivity index (χ3v) is 3.74. The minimum absolute atomic E-state index is 0.290. The summed E-state index contributed by atoms with van der Waals surface area (Å²) in [5.74, 6) is 0.770. The van der Waals surface area contributed by atoms with Crippen molar-refractivity contribution in [1.82, 2.24) is 15.0 Å². The van der Waals surface area contributed by atoms with Crippen LogP contribution in [0.3, 0.4) is 0 Å². The molecule has 0 unspecified atom stereocenters. The predicted octanol–water partition coefficient (Wildman–Crippen LogP) is 3.30. The molecule has 0 bridgehead atoms. The molecule has 2 heterocycles. The Morgan fingerprint density at radius 1 is 0.962 bits per heavy atom. The molecule has 26 heavy (non-hydrogen) atoms. The van der Waals surface area contributed by atoms with Gasteiger partial charge in [-0.2, -0.15) is 0 Å². The normalized spacial score (nSPS) is 10.6. The SMILES string of the molecule is O=C(Nc1ccc2[nH]c(=O)[nH]c2c1)c1ccc(Oc2ccccc2)nc1. The number of amides is 1. The molecule has 128 valence electrons. The molecule has 2 aromatic carbocycles. The monoisotopic (exact) mass is 346 g/mol. The summed E-state index contributed by atoms with van der Waals surface area (Å²) in [4.78, 5) is 33.1. The minimum Gasteiger partial charge on any atom is -0.439 e. The van der Waals surface area contributed by atoms with Crippen LogP contribution >= 0.6 is 0 Å². The largest absolute Gasteiger partial charge is 0.439 e. The maximum Gasteiger partial charge on any atom is 0.323 e. The van der Waals surface area contributed by atoms with Crippen LogP contribution in [-0.2, 0) is 0 Å². The van der Waals surface area contributed by atoms with E-state index < -0.39 is 0 Å². The van der Waals surface area contributed by atoms with Crippen LogP contribution in [0.15, 0.2) is 71.7 Å². The third-order valence-electron chi connectivity index (χ3n) is 3.74. The van der Waals surface area contributed by atoms with Gasteiger partial charge in [-0.25, -0.2) is 9.78 Å². The topological polar surface area (TPSA) is 99.9 Å². The number of aromatic amines is 2. The molecular weight excluding hydrogens is 332 g/mol. The number of fused-ring (bicyclic) bond motifs is 1. The molecule has 4 aromatic rings. The van der Waals surface area contributed by atoms with Crippen molar-refractivity contribution >= 4 is 22.6 Å². The second-order valence-electron chi connectivity index (χ2n) is 5.59. The van der Waals surface area contributed by atoms with Crippen LogP contribution in [0.2, 0.25) is 0 Å². The highest BCUT2D eigenvalue weighted by Gasteiger charge is 2.09. The number of benzene rings is 2. The maximum absolute atomic E-state index is 12.4. The highest BCUT2D eigenvalue weighted by atomic mass is 16.5. The quantitative estimate of drug-likeness (QED) is 0.528. The van der Waals surface area contributed by atoms with Gasteiger partial charge in [0.15, 0.2) is 0 Å². The van der Waals surface area contributed by atoms with E-state index >= 15 is 0 Å². The van der Waals surface area contributed by atoms with Gasteiger partial charge in [0.2, 0.25) is 5.88 Å². The molecule has 7 nitrogen and oxygen atoms in total. The van der Waals surface area contributed by atoms with Crippen LogP contribution in [-0.4, -0.2) is 20.9 Å². The molecule has 3 N–H and O–H groups in total. The van der Waals surface area contributed by atoms with Gasteiger partial charge in [0.05, 0.1) is 16.6 Å². The summed E-state index contributed by atoms with van der Waals surface area (Å²) in [7, 11) is 0. The number of pyridine rings is 1. The molecule has 0 aliphatic carbocycles. The molecule has 0 saturated carbocycles. The first-order chi connectivity index (χ1) is 12.7. The second kappa shape index (κ2) is 6.56. The number of anilines is 1. The van der Waals surface area contributed by atoms with Crippen molar-refractivity contribution in [1.29, 1.82) is 0 Å². The molecule has 7 heteroatoms. The first-order valence-electron chi connectivity index (χ1n) is 7.90. The first kappa shape index (κ1) is 15.6. The third kappa shape index (κ3) is 3.32. The number of carbonyl (C=O) groups excluding carboxylic acids is 1. The number of ether oxygens (including phenoxy) is 1. The number of nitrogens with zero attached hydrogens (tertiary/aromatic N) is 1. The van der Waals surface area contributed by atoms with Gasteiger partial charge in [-0.05, 0) is 36.4 Å². The highest BCUT2D eigenvalue weighted by molar-refractivity contribution is 6.04. The lowest BCUT2D eigenvalue weighted by Gasteiger charge is -2.07. The van der Waals surface area contributed by atoms with E-state index in [1.165, 1.54) is 6.20 Å². The Hall–Kier alpha value is -3.87. The van der Waals surface area contributed by atoms with Crippen LogP contribution in [0, 0.1) is 0 Å². The zero-order valence-electron chi connectivity index (χ0n) is 13.5. The predicted molar refractivity (Wildman–Crippen MR) is 97.6 cm³/mol. The van der Waals surface area contributed by atoms with Gasteiger partial charge in [0.1, 0.15) is 5.75 Å². The Kier molecular flexibility index (Phi) is 3.95. The van der Waals surface area contributed by atoms with E-state index in [0.717, 1.165) is 0 Å². The Balaban J connectivity index is 1.47. The lowest BCUT2D eigenvalue weighted by Crippen LogP contribution is -2.12. The number of carbonyl (C=O) groups is 1. The Morgan fingerprint density at radius 2 is 1.77 bits per heavy atom. The summed E-state index contributed by atoms with van der Waals surface area (Å²) in [6.45, 7) is 0. The van der Waals surface area contributed by atoms with Crippen molar-refractivity contribution in [2.24, 2.45) is 0 Å². The zero-order valence-corrected chi connectivity index (χ0v) is 13.5. The van der Waals surface area contributed by atoms with Crippen LogP contribution in [0.4, 0.5) is 5.69 Å². The minimum atomic E-state index is -0.305. The van der Waals surface area contributed by atoms with E-state index in [2.05, 4.69) is 20.3 Å². The fraction of sp³-hybridized carbons (Fsp3) is 0. The smallest absolute Gasteiger partial charge is 0.323 e. The average Bonchev–Trinajstić information content (AvgIpc) is 3.02. The number of imidazole rings is 1. The summed E-state index contributed by atoms with van der Waals surface area (Å²) >= 11 is 0. The summed E-state index contributed by atoms with van der Waals surface area (Å²) in [5, 5.41) is 2.77. The van der Waals surface area contributed by atoms with E-state index in [1.807, 2.05) is 30.3 Å². The van der Waals surface area contributed by atoms with E-state index in [1.54, 1.807) is 30.3 Å². The summed E-state index contributed by atoms with van der Waals surface area (Å²) in [6.07, 6.45) is 1.45. The molecule has 4 rings (SSSR count). The number of rotatable bonds is 4. The fourth-order valence-electron chi connectivity index (χ4n) is 2.50. The zero-order chi connectivity index (χ0) is 17.9. The van der Waals surface area contributed by atoms with Crippen LogP contribution in [0.1, 0.15) is 10.4 Å². The molecule has 1 amide bonds. The number of hydrogen-bond donors (Lipinski definition) is 3. The average molecular weight is 346 g/mol. The molecule has 2 aromatic heterocycles. The van der Waals surface area contributed by atoms with Crippen molar-refractivity contribution in [3.8, 4) is 11.6 Å². The van der Waals surface area contributed by atoms with E-state index in [0.29, 0.717) is 33.9 Å². The van der Waals surface area contributed by atoms with E-state index in [4.69, 9.17) is 4.74 Å². The standard InChI is InChI=1S/C19H14N4O3/c24-18(21-13-7-8-15-16(10-13)23-19(25)22-15)12-6-9-17(20-11-12)26-14-4-2-1-3-5-14/h1-11H,(H,21,24)(H2,22,23,25). The van der Waals surface area contributed by atoms with Crippen molar-refractivity contribution in [2.45, 2.75) is 0 Å². The Bertz CT molecular complexity index is 1110. The van der Waals surface area contributed by atoms with Gasteiger partial charge >= 0.3 is 5.69 Å². The van der Waals surface area contributed by atoms with E-state index in [9.17, 15) is 9.59 Å². The van der Waals surface area contributed by atoms with Crippen molar-refractivity contribution in [3.05, 3.63) is 82.9 Å². The first-order valence-corrected chi connectivity index (χ1v) is 7.90. The van der Waals surface area contributed by atoms with Gasteiger partial charge < -0.3 is 20.0 Å². The number of aromatic nitrogens is 3. The molecule has 0 fully saturated rings. The molecule has 0 aliphatic rings. The number of H-pyrrole nitrogens is 2. The lowest BCUT2D eigenvalue weighted by atomic mass is 10.2. The molecule has 0 saturated heterocycles. The van der Waals surface area contributed by atoms with Gasteiger partial charge in [0, 0.05) is 18.0 Å². The van der Waals surface area contributed by atoms with Gasteiger partial charge in [-0.3, -0.25) is 4.79 Å². The molecule has 0 atom stereocenters. The molecule has 0 radical (unpaired) electrons. The van der Waals surface area contributed by atoms with Crippen molar-refractivity contribution < 1.29 is 9.53 Å². The highest BCUT2D eigenvalue weighted by Crippen LogP contribution is 2.19. The van der Waals surface area contributed by atoms with Crippen molar-refractivity contribution in [2.75, 3.05) is 5.32 Å². The van der Waals surface area contributed by atoms with Crippen molar-refractivity contribution in [3.63, 3.8) is 0 Å². The fourth-order valence-corrected chi connectivity index (χ4v) is 2.50. The lowest BCUT2D eigenvalue weighted by molar-refractivity contribution is 0.102. The van der Waals surface area contributed by atoms with E-state index in [-0.39, 0.29) is 11.6 Å². The van der Waals surface area contributed by atoms with Crippen LogP contribution in [0.5, 0.6) is 11.6 Å². The van der Waals surface area contributed by atoms with Gasteiger partial charge in [-0.15, -0.1) is 0 Å². The molecule has 0 spiro atoms. The Labute approximate surface area is 147 Å². The second-order valence-corrected chi connectivity index (χ2v) is 5.59. The van der Waals surface area contributed by atoms with Gasteiger partial charge in [0.25, 0.3) is 5.91 Å². The number of hydrogen-bond acceptors (Lipinski definition) is 4. The maximum atomic E-state index is 12.4. The van der Waals surface area contributed by atoms with Crippen LogP contribution in [0.25, 0.3) is 11.0 Å². The summed E-state index contributed by atoms with van der Waals surface area (Å²) in [5.41, 5.74) is 1.98. The summed E-state index contributed by atoms with van der Waals surface area (Å²) in [6, 6.07) is 17.7. The Morgan fingerprint density at radius 3 is 2.54 bits per heavy atom. The molecule has 0 aliphatic heterocycles. The number of nitrogens with one attached hydrogen (secondary N) is 3. The van der Waals surface area contributed by atoms with Gasteiger partial charge in [-0.1, -0.05) is 18.2 Å². The van der Waals surface area contributed by atoms with Crippen LogP contribution < -0.4 is 15.7 Å². The molecular formula is C19H14N4O3.